The summed E-state index contributed by atoms with van der Waals surface area (Å²) in [5, 5.41) is 4.26. The summed E-state index contributed by atoms with van der Waals surface area (Å²) < 4.78 is 0. The molecule has 0 spiro atoms. The summed E-state index contributed by atoms with van der Waals surface area (Å²) in [5.74, 6) is 1.63. The van der Waals surface area contributed by atoms with Crippen molar-refractivity contribution >= 4 is 11.6 Å². The van der Waals surface area contributed by atoms with Crippen molar-refractivity contribution in [3.8, 4) is 0 Å². The van der Waals surface area contributed by atoms with Crippen molar-refractivity contribution in [3.05, 3.63) is 34.9 Å². The second-order valence-electron chi connectivity index (χ2n) is 5.16. The van der Waals surface area contributed by atoms with Crippen LogP contribution >= 0.6 is 11.6 Å². The number of halogens is 1. The molecule has 0 radical (unpaired) electrons. The molecule has 0 aromatic heterocycles. The first-order valence-corrected chi connectivity index (χ1v) is 7.07. The van der Waals surface area contributed by atoms with Crippen molar-refractivity contribution in [3.63, 3.8) is 0 Å². The minimum atomic E-state index is 0.738. The highest BCUT2D eigenvalue weighted by Gasteiger charge is 2.25. The van der Waals surface area contributed by atoms with Gasteiger partial charge in [0.2, 0.25) is 0 Å². The SMILES string of the molecule is CNCC(Cc1ccccc1Cl)C1CCCC1. The maximum Gasteiger partial charge on any atom is 0.0438 e. The van der Waals surface area contributed by atoms with Crippen LogP contribution in [0.4, 0.5) is 0 Å². The molecular formula is C15H22ClN. The molecule has 1 unspecified atom stereocenters. The van der Waals surface area contributed by atoms with E-state index in [0.717, 1.165) is 29.8 Å². The Morgan fingerprint density at radius 3 is 2.65 bits per heavy atom. The molecule has 0 heterocycles. The van der Waals surface area contributed by atoms with Crippen LogP contribution in [0.1, 0.15) is 31.2 Å². The minimum Gasteiger partial charge on any atom is -0.319 e. The molecule has 0 aliphatic heterocycles. The zero-order chi connectivity index (χ0) is 12.1. The van der Waals surface area contributed by atoms with Crippen LogP contribution in [0.5, 0.6) is 0 Å². The molecule has 1 N–H and O–H groups in total. The number of hydrogen-bond donors (Lipinski definition) is 1. The van der Waals surface area contributed by atoms with Gasteiger partial charge in [0.1, 0.15) is 0 Å². The van der Waals surface area contributed by atoms with Crippen molar-refractivity contribution < 1.29 is 0 Å². The lowest BCUT2D eigenvalue weighted by atomic mass is 9.85. The van der Waals surface area contributed by atoms with Crippen LogP contribution in [0.2, 0.25) is 5.02 Å². The Bertz CT molecular complexity index is 345. The molecule has 1 nitrogen and oxygen atoms in total. The third-order valence-electron chi connectivity index (χ3n) is 3.97. The first-order valence-electron chi connectivity index (χ1n) is 6.69. The van der Waals surface area contributed by atoms with Gasteiger partial charge in [0.25, 0.3) is 0 Å². The maximum atomic E-state index is 6.25. The molecule has 0 amide bonds. The van der Waals surface area contributed by atoms with Gasteiger partial charge in [0, 0.05) is 5.02 Å². The quantitative estimate of drug-likeness (QED) is 0.837. The molecule has 1 fully saturated rings. The van der Waals surface area contributed by atoms with Gasteiger partial charge in [0.05, 0.1) is 0 Å². The third-order valence-corrected chi connectivity index (χ3v) is 4.34. The van der Waals surface area contributed by atoms with Gasteiger partial charge in [-0.3, -0.25) is 0 Å². The van der Waals surface area contributed by atoms with Crippen LogP contribution < -0.4 is 5.32 Å². The summed E-state index contributed by atoms with van der Waals surface area (Å²) in [5.41, 5.74) is 1.31. The van der Waals surface area contributed by atoms with E-state index in [0.29, 0.717) is 0 Å². The Labute approximate surface area is 110 Å². The van der Waals surface area contributed by atoms with E-state index in [4.69, 9.17) is 11.6 Å². The van der Waals surface area contributed by atoms with Crippen LogP contribution in [0.3, 0.4) is 0 Å². The van der Waals surface area contributed by atoms with Gasteiger partial charge in [0.15, 0.2) is 0 Å². The van der Waals surface area contributed by atoms with Gasteiger partial charge in [-0.15, -0.1) is 0 Å². The Kier molecular flexibility index (Phi) is 4.87. The van der Waals surface area contributed by atoms with Gasteiger partial charge in [-0.25, -0.2) is 0 Å². The van der Waals surface area contributed by atoms with Crippen molar-refractivity contribution in [1.29, 1.82) is 0 Å². The summed E-state index contributed by atoms with van der Waals surface area (Å²) in [6, 6.07) is 8.27. The van der Waals surface area contributed by atoms with Crippen molar-refractivity contribution in [1.82, 2.24) is 5.32 Å². The molecule has 1 aliphatic rings. The normalized spacial score (nSPS) is 18.5. The molecule has 1 aliphatic carbocycles. The second kappa shape index (κ2) is 6.42. The Hall–Kier alpha value is -0.530. The molecule has 1 saturated carbocycles. The van der Waals surface area contributed by atoms with E-state index in [2.05, 4.69) is 24.5 Å². The minimum absolute atomic E-state index is 0.738. The van der Waals surface area contributed by atoms with Crippen molar-refractivity contribution in [2.45, 2.75) is 32.1 Å². The summed E-state index contributed by atoms with van der Waals surface area (Å²) in [7, 11) is 2.05. The molecule has 0 bridgehead atoms. The standard InChI is InChI=1S/C15H22ClN/c1-17-11-14(12-6-2-3-7-12)10-13-8-4-5-9-15(13)16/h4-5,8-9,12,14,17H,2-3,6-7,10-11H2,1H3. The van der Waals surface area contributed by atoms with Crippen molar-refractivity contribution in [2.24, 2.45) is 11.8 Å². The zero-order valence-corrected chi connectivity index (χ0v) is 11.3. The predicted molar refractivity (Wildman–Crippen MR) is 74.5 cm³/mol. The van der Waals surface area contributed by atoms with E-state index in [1.54, 1.807) is 0 Å². The fraction of sp³-hybridized carbons (Fsp3) is 0.600. The monoisotopic (exact) mass is 251 g/mol. The lowest BCUT2D eigenvalue weighted by molar-refractivity contribution is 0.328. The molecule has 0 saturated heterocycles. The van der Waals surface area contributed by atoms with Crippen LogP contribution in [0.15, 0.2) is 24.3 Å². The number of rotatable bonds is 5. The van der Waals surface area contributed by atoms with Crippen LogP contribution in [0.25, 0.3) is 0 Å². The highest BCUT2D eigenvalue weighted by Crippen LogP contribution is 2.34. The zero-order valence-electron chi connectivity index (χ0n) is 10.6. The maximum absolute atomic E-state index is 6.25. The molecule has 17 heavy (non-hydrogen) atoms. The topological polar surface area (TPSA) is 12.0 Å². The molecule has 1 aromatic rings. The van der Waals surface area contributed by atoms with Gasteiger partial charge in [-0.1, -0.05) is 55.5 Å². The fourth-order valence-corrected chi connectivity index (χ4v) is 3.26. The van der Waals surface area contributed by atoms with Crippen LogP contribution in [0, 0.1) is 11.8 Å². The average molecular weight is 252 g/mol. The molecular weight excluding hydrogens is 230 g/mol. The van der Waals surface area contributed by atoms with Gasteiger partial charge < -0.3 is 5.32 Å². The molecule has 2 heteroatoms. The number of nitrogens with one attached hydrogen (secondary N) is 1. The lowest BCUT2D eigenvalue weighted by Crippen LogP contribution is -2.26. The van der Waals surface area contributed by atoms with E-state index >= 15 is 0 Å². The van der Waals surface area contributed by atoms with E-state index < -0.39 is 0 Å². The van der Waals surface area contributed by atoms with E-state index in [1.165, 1.54) is 31.2 Å². The molecule has 1 aromatic carbocycles. The summed E-state index contributed by atoms with van der Waals surface area (Å²) >= 11 is 6.25. The van der Waals surface area contributed by atoms with Crippen molar-refractivity contribution in [2.75, 3.05) is 13.6 Å². The summed E-state index contributed by atoms with van der Waals surface area (Å²) in [6.45, 7) is 1.11. The number of hydrogen-bond acceptors (Lipinski definition) is 1. The Morgan fingerprint density at radius 2 is 2.00 bits per heavy atom. The van der Waals surface area contributed by atoms with E-state index in [9.17, 15) is 0 Å². The average Bonchev–Trinajstić information content (AvgIpc) is 2.85. The Morgan fingerprint density at radius 1 is 1.29 bits per heavy atom. The number of benzene rings is 1. The lowest BCUT2D eigenvalue weighted by Gasteiger charge is -2.23. The summed E-state index contributed by atoms with van der Waals surface area (Å²) in [6.07, 6.45) is 6.74. The van der Waals surface area contributed by atoms with Gasteiger partial charge in [-0.05, 0) is 43.5 Å². The molecule has 2 rings (SSSR count). The van der Waals surface area contributed by atoms with Crippen LogP contribution in [-0.4, -0.2) is 13.6 Å². The third kappa shape index (κ3) is 3.46. The predicted octanol–water partition coefficient (Wildman–Crippen LogP) is 3.91. The van der Waals surface area contributed by atoms with Gasteiger partial charge in [-0.2, -0.15) is 0 Å². The fourth-order valence-electron chi connectivity index (χ4n) is 3.04. The van der Waals surface area contributed by atoms with E-state index in [1.807, 2.05) is 12.1 Å². The van der Waals surface area contributed by atoms with Gasteiger partial charge >= 0.3 is 0 Å². The Balaban J connectivity index is 2.04. The van der Waals surface area contributed by atoms with E-state index in [-0.39, 0.29) is 0 Å². The second-order valence-corrected chi connectivity index (χ2v) is 5.57. The largest absolute Gasteiger partial charge is 0.319 e. The smallest absolute Gasteiger partial charge is 0.0438 e. The highest BCUT2D eigenvalue weighted by atomic mass is 35.5. The first kappa shape index (κ1) is 12.9. The first-order chi connectivity index (χ1) is 8.31. The highest BCUT2D eigenvalue weighted by molar-refractivity contribution is 6.31. The molecule has 1 atom stereocenters. The summed E-state index contributed by atoms with van der Waals surface area (Å²) in [4.78, 5) is 0. The van der Waals surface area contributed by atoms with Crippen LogP contribution in [-0.2, 0) is 6.42 Å². The molecule has 94 valence electrons.